The molecule has 1 aliphatic rings. The minimum absolute atomic E-state index is 0.279. The van der Waals surface area contributed by atoms with Crippen LogP contribution in [0, 0.1) is 6.92 Å². The molecular weight excluding hydrogens is 232 g/mol. The summed E-state index contributed by atoms with van der Waals surface area (Å²) in [5.74, 6) is 0. The van der Waals surface area contributed by atoms with E-state index in [-0.39, 0.29) is 6.04 Å². The largest absolute Gasteiger partial charge is 0.465 e. The molecule has 1 heterocycles. The summed E-state index contributed by atoms with van der Waals surface area (Å²) in [7, 11) is 0. The maximum Gasteiger partial charge on any atom is 0.407 e. The molecule has 1 unspecified atom stereocenters. The smallest absolute Gasteiger partial charge is 0.407 e. The molecule has 1 amide bonds. The van der Waals surface area contributed by atoms with Crippen molar-refractivity contribution in [3.63, 3.8) is 0 Å². The minimum Gasteiger partial charge on any atom is -0.465 e. The molecule has 1 atom stereocenters. The van der Waals surface area contributed by atoms with Crippen molar-refractivity contribution < 1.29 is 9.90 Å². The van der Waals surface area contributed by atoms with Crippen LogP contribution in [-0.4, -0.2) is 35.7 Å². The fourth-order valence-electron chi connectivity index (χ4n) is 2.34. The first kappa shape index (κ1) is 12.5. The second-order valence-electron chi connectivity index (χ2n) is 4.55. The summed E-state index contributed by atoms with van der Waals surface area (Å²) in [6.45, 7) is 3.58. The highest BCUT2D eigenvalue weighted by molar-refractivity contribution is 5.72. The van der Waals surface area contributed by atoms with E-state index in [1.54, 1.807) is 6.07 Å². The monoisotopic (exact) mass is 250 g/mol. The highest BCUT2D eigenvalue weighted by Crippen LogP contribution is 2.31. The predicted molar refractivity (Wildman–Crippen MR) is 70.3 cm³/mol. The summed E-state index contributed by atoms with van der Waals surface area (Å²) in [5, 5.41) is 12.4. The van der Waals surface area contributed by atoms with Gasteiger partial charge in [0.2, 0.25) is 0 Å². The Kier molecular flexibility index (Phi) is 3.29. The maximum atomic E-state index is 11.2. The Morgan fingerprint density at radius 1 is 1.50 bits per heavy atom. The van der Waals surface area contributed by atoms with Gasteiger partial charge in [-0.15, -0.1) is 0 Å². The molecule has 6 N–H and O–H groups in total. The van der Waals surface area contributed by atoms with Crippen LogP contribution in [0.2, 0.25) is 0 Å². The van der Waals surface area contributed by atoms with Gasteiger partial charge in [-0.2, -0.15) is 0 Å². The third-order valence-electron chi connectivity index (χ3n) is 3.24. The zero-order valence-electron chi connectivity index (χ0n) is 10.3. The van der Waals surface area contributed by atoms with Crippen molar-refractivity contribution in [1.82, 2.24) is 10.2 Å². The van der Waals surface area contributed by atoms with Crippen LogP contribution in [0.5, 0.6) is 0 Å². The number of nitrogens with one attached hydrogen (secondary N) is 1. The Balaban J connectivity index is 2.42. The molecule has 0 saturated carbocycles. The number of anilines is 2. The van der Waals surface area contributed by atoms with Gasteiger partial charge >= 0.3 is 6.09 Å². The molecule has 1 saturated heterocycles. The Labute approximate surface area is 106 Å². The van der Waals surface area contributed by atoms with Crippen LogP contribution in [-0.2, 0) is 0 Å². The van der Waals surface area contributed by atoms with Gasteiger partial charge < -0.3 is 21.9 Å². The number of rotatable bonds is 1. The van der Waals surface area contributed by atoms with Crippen molar-refractivity contribution in [2.24, 2.45) is 0 Å². The van der Waals surface area contributed by atoms with E-state index in [1.807, 2.05) is 13.0 Å². The number of aryl methyl sites for hydroxylation is 1. The molecule has 1 aromatic rings. The Bertz CT molecular complexity index is 475. The second-order valence-corrected chi connectivity index (χ2v) is 4.55. The van der Waals surface area contributed by atoms with E-state index in [0.717, 1.165) is 11.1 Å². The SMILES string of the molecule is Cc1cc(N)c(N)c(C2CNCCN2C(=O)O)c1. The van der Waals surface area contributed by atoms with E-state index in [1.165, 1.54) is 4.90 Å². The van der Waals surface area contributed by atoms with Crippen LogP contribution < -0.4 is 16.8 Å². The number of carboxylic acid groups (broad SMARTS) is 1. The van der Waals surface area contributed by atoms with Crippen molar-refractivity contribution in [1.29, 1.82) is 0 Å². The van der Waals surface area contributed by atoms with E-state index >= 15 is 0 Å². The summed E-state index contributed by atoms with van der Waals surface area (Å²) >= 11 is 0. The lowest BCUT2D eigenvalue weighted by atomic mass is 9.98. The molecule has 0 aromatic heterocycles. The average molecular weight is 250 g/mol. The average Bonchev–Trinajstić information content (AvgIpc) is 2.33. The van der Waals surface area contributed by atoms with Crippen LogP contribution in [0.25, 0.3) is 0 Å². The van der Waals surface area contributed by atoms with E-state index in [0.29, 0.717) is 31.0 Å². The number of carbonyl (C=O) groups is 1. The highest BCUT2D eigenvalue weighted by atomic mass is 16.4. The number of piperazine rings is 1. The van der Waals surface area contributed by atoms with Crippen molar-refractivity contribution >= 4 is 17.5 Å². The molecule has 1 aromatic carbocycles. The number of hydrogen-bond acceptors (Lipinski definition) is 4. The first-order valence-corrected chi connectivity index (χ1v) is 5.86. The molecule has 18 heavy (non-hydrogen) atoms. The molecule has 6 heteroatoms. The standard InChI is InChI=1S/C12H18N4O2/c1-7-4-8(11(14)9(13)5-7)10-6-15-2-3-16(10)12(17)18/h4-5,10,15H,2-3,6,13-14H2,1H3,(H,17,18). The van der Waals surface area contributed by atoms with Crippen molar-refractivity contribution in [3.8, 4) is 0 Å². The van der Waals surface area contributed by atoms with Gasteiger partial charge in [-0.05, 0) is 18.6 Å². The topological polar surface area (TPSA) is 105 Å². The van der Waals surface area contributed by atoms with Crippen LogP contribution in [0.4, 0.5) is 16.2 Å². The molecule has 0 aliphatic carbocycles. The van der Waals surface area contributed by atoms with Gasteiger partial charge in [0.15, 0.2) is 0 Å². The van der Waals surface area contributed by atoms with Crippen molar-refractivity contribution in [3.05, 3.63) is 23.3 Å². The molecule has 6 nitrogen and oxygen atoms in total. The van der Waals surface area contributed by atoms with E-state index in [2.05, 4.69) is 5.32 Å². The highest BCUT2D eigenvalue weighted by Gasteiger charge is 2.29. The van der Waals surface area contributed by atoms with E-state index < -0.39 is 6.09 Å². The van der Waals surface area contributed by atoms with Crippen LogP contribution >= 0.6 is 0 Å². The predicted octanol–water partition coefficient (Wildman–Crippen LogP) is 0.784. The number of benzene rings is 1. The molecule has 0 spiro atoms. The Morgan fingerprint density at radius 2 is 2.22 bits per heavy atom. The first-order valence-electron chi connectivity index (χ1n) is 5.86. The van der Waals surface area contributed by atoms with Gasteiger partial charge in [0.1, 0.15) is 0 Å². The lowest BCUT2D eigenvalue weighted by Gasteiger charge is -2.35. The second kappa shape index (κ2) is 4.73. The van der Waals surface area contributed by atoms with Crippen LogP contribution in [0.1, 0.15) is 17.2 Å². The van der Waals surface area contributed by atoms with Gasteiger partial charge in [0.05, 0.1) is 17.4 Å². The summed E-state index contributed by atoms with van der Waals surface area (Å²) in [5.41, 5.74) is 14.5. The van der Waals surface area contributed by atoms with Gasteiger partial charge in [-0.25, -0.2) is 4.79 Å². The summed E-state index contributed by atoms with van der Waals surface area (Å²) < 4.78 is 0. The third kappa shape index (κ3) is 2.19. The summed E-state index contributed by atoms with van der Waals surface area (Å²) in [6, 6.07) is 3.41. The molecule has 98 valence electrons. The van der Waals surface area contributed by atoms with E-state index in [4.69, 9.17) is 11.5 Å². The lowest BCUT2D eigenvalue weighted by Crippen LogP contribution is -2.48. The zero-order valence-corrected chi connectivity index (χ0v) is 10.3. The molecule has 1 fully saturated rings. The first-order chi connectivity index (χ1) is 8.50. The zero-order chi connectivity index (χ0) is 13.3. The molecule has 2 rings (SSSR count). The number of amides is 1. The molecule has 0 bridgehead atoms. The van der Waals surface area contributed by atoms with Crippen LogP contribution in [0.15, 0.2) is 12.1 Å². The van der Waals surface area contributed by atoms with E-state index in [9.17, 15) is 9.90 Å². The Hall–Kier alpha value is -1.95. The van der Waals surface area contributed by atoms with Crippen LogP contribution in [0.3, 0.4) is 0 Å². The van der Waals surface area contributed by atoms with Crippen molar-refractivity contribution in [2.75, 3.05) is 31.1 Å². The minimum atomic E-state index is -0.930. The van der Waals surface area contributed by atoms with Gasteiger partial charge in [-0.3, -0.25) is 4.90 Å². The lowest BCUT2D eigenvalue weighted by molar-refractivity contribution is 0.112. The van der Waals surface area contributed by atoms with Gasteiger partial charge in [0, 0.05) is 25.2 Å². The Morgan fingerprint density at radius 3 is 2.89 bits per heavy atom. The number of nitrogens with two attached hydrogens (primary N) is 2. The fourth-order valence-corrected chi connectivity index (χ4v) is 2.34. The molecule has 1 aliphatic heterocycles. The molecular formula is C12H18N4O2. The number of nitrogens with zero attached hydrogens (tertiary/aromatic N) is 1. The number of nitrogen functional groups attached to an aromatic ring is 2. The van der Waals surface area contributed by atoms with Gasteiger partial charge in [-0.1, -0.05) is 6.07 Å². The maximum absolute atomic E-state index is 11.2. The molecule has 0 radical (unpaired) electrons. The third-order valence-corrected chi connectivity index (χ3v) is 3.24. The normalized spacial score (nSPS) is 19.8. The van der Waals surface area contributed by atoms with Crippen molar-refractivity contribution in [2.45, 2.75) is 13.0 Å². The summed E-state index contributed by atoms with van der Waals surface area (Å²) in [6.07, 6.45) is -0.930. The fraction of sp³-hybridized carbons (Fsp3) is 0.417. The number of hydrogen-bond donors (Lipinski definition) is 4. The van der Waals surface area contributed by atoms with Gasteiger partial charge in [0.25, 0.3) is 0 Å². The summed E-state index contributed by atoms with van der Waals surface area (Å²) in [4.78, 5) is 12.6. The quantitative estimate of drug-likeness (QED) is 0.551.